The Kier molecular flexibility index (Phi) is 7.03. The Labute approximate surface area is 148 Å². The van der Waals surface area contributed by atoms with Gasteiger partial charge in [0.25, 0.3) is 0 Å². The van der Waals surface area contributed by atoms with Gasteiger partial charge in [0.05, 0.1) is 5.56 Å². The number of hydrogen-bond donors (Lipinski definition) is 3. The van der Waals surface area contributed by atoms with E-state index in [1.54, 1.807) is 4.68 Å². The van der Waals surface area contributed by atoms with Crippen LogP contribution in [0, 0.1) is 6.92 Å². The predicted molar refractivity (Wildman–Crippen MR) is 99.7 cm³/mol. The van der Waals surface area contributed by atoms with E-state index in [0.717, 1.165) is 44.0 Å². The normalized spacial score (nSPS) is 16.4. The Morgan fingerprint density at radius 2 is 2.16 bits per heavy atom. The fraction of sp³-hybridized carbons (Fsp3) is 0.529. The first-order chi connectivity index (χ1) is 12.0. The van der Waals surface area contributed by atoms with Crippen molar-refractivity contribution in [1.82, 2.24) is 20.0 Å². The van der Waals surface area contributed by atoms with E-state index in [1.807, 2.05) is 39.0 Å². The quantitative estimate of drug-likeness (QED) is 0.647. The summed E-state index contributed by atoms with van der Waals surface area (Å²) in [5.41, 5.74) is 6.90. The fourth-order valence-electron chi connectivity index (χ4n) is 2.64. The Balaban J connectivity index is 2.11. The highest BCUT2D eigenvalue weighted by molar-refractivity contribution is 5.88. The van der Waals surface area contributed by atoms with E-state index in [9.17, 15) is 4.79 Å². The zero-order chi connectivity index (χ0) is 18.2. The van der Waals surface area contributed by atoms with Crippen LogP contribution >= 0.6 is 0 Å². The predicted octanol–water partition coefficient (Wildman–Crippen LogP) is 1.40. The van der Waals surface area contributed by atoms with Crippen LogP contribution in [0.5, 0.6) is 5.88 Å². The molecule has 138 valence electrons. The van der Waals surface area contributed by atoms with Gasteiger partial charge in [-0.25, -0.2) is 9.48 Å². The van der Waals surface area contributed by atoms with E-state index in [-0.39, 0.29) is 0 Å². The Morgan fingerprint density at radius 3 is 2.80 bits per heavy atom. The van der Waals surface area contributed by atoms with Crippen LogP contribution < -0.4 is 21.1 Å². The maximum absolute atomic E-state index is 11.3. The number of hydrogen-bond acceptors (Lipinski definition) is 5. The lowest BCUT2D eigenvalue weighted by Gasteiger charge is -2.26. The summed E-state index contributed by atoms with van der Waals surface area (Å²) in [6, 6.07) is -0.629. The topological polar surface area (TPSA) is 97.4 Å². The molecule has 2 rings (SSSR count). The van der Waals surface area contributed by atoms with Crippen molar-refractivity contribution in [3.8, 4) is 5.88 Å². The number of nitrogens with two attached hydrogens (primary N) is 1. The van der Waals surface area contributed by atoms with Gasteiger partial charge in [0.15, 0.2) is 0 Å². The summed E-state index contributed by atoms with van der Waals surface area (Å²) < 4.78 is 7.50. The lowest BCUT2D eigenvalue weighted by atomic mass is 10.3. The third-order valence-corrected chi connectivity index (χ3v) is 4.04. The first kappa shape index (κ1) is 19.0. The molecule has 0 radical (unpaired) electrons. The summed E-state index contributed by atoms with van der Waals surface area (Å²) in [6.45, 7) is 11.2. The second kappa shape index (κ2) is 9.24. The standard InChI is InChI=1S/C17H28N6O2/c1-4-5-6-13(2)23-15(20-17(18)24)14(3)16(21-23)25-12-11-22-9-7-19-8-10-22/h4-6,19H,7-12H2,1-3H3,(H3,18,20,24)/b5-4-,13-6+. The number of anilines is 1. The molecule has 4 N–H and O–H groups in total. The van der Waals surface area contributed by atoms with Crippen molar-refractivity contribution in [2.75, 3.05) is 44.6 Å². The molecular weight excluding hydrogens is 320 g/mol. The van der Waals surface area contributed by atoms with Gasteiger partial charge in [0.2, 0.25) is 5.88 Å². The van der Waals surface area contributed by atoms with Crippen molar-refractivity contribution in [3.05, 3.63) is 23.8 Å². The lowest BCUT2D eigenvalue weighted by Crippen LogP contribution is -2.44. The lowest BCUT2D eigenvalue weighted by molar-refractivity contribution is 0.187. The van der Waals surface area contributed by atoms with Crippen LogP contribution in [-0.2, 0) is 0 Å². The summed E-state index contributed by atoms with van der Waals surface area (Å²) >= 11 is 0. The van der Waals surface area contributed by atoms with Gasteiger partial charge in [-0.2, -0.15) is 0 Å². The van der Waals surface area contributed by atoms with Gasteiger partial charge < -0.3 is 15.8 Å². The van der Waals surface area contributed by atoms with E-state index in [1.165, 1.54) is 0 Å². The van der Waals surface area contributed by atoms with Crippen LogP contribution in [0.4, 0.5) is 10.6 Å². The highest BCUT2D eigenvalue weighted by Gasteiger charge is 2.18. The van der Waals surface area contributed by atoms with E-state index in [2.05, 4.69) is 20.6 Å². The van der Waals surface area contributed by atoms with Crippen molar-refractivity contribution in [2.45, 2.75) is 20.8 Å². The van der Waals surface area contributed by atoms with Gasteiger partial charge in [0, 0.05) is 38.4 Å². The van der Waals surface area contributed by atoms with Crippen molar-refractivity contribution in [3.63, 3.8) is 0 Å². The Hall–Kier alpha value is -2.32. The van der Waals surface area contributed by atoms with Crippen LogP contribution in [0.1, 0.15) is 19.4 Å². The number of urea groups is 1. The molecule has 0 aliphatic carbocycles. The molecule has 1 saturated heterocycles. The van der Waals surface area contributed by atoms with Gasteiger partial charge in [0.1, 0.15) is 12.4 Å². The Bertz CT molecular complexity index is 644. The SMILES string of the molecule is C/C=C\C=C(/C)n1nc(OCCN2CCNCC2)c(C)c1NC(N)=O. The maximum Gasteiger partial charge on any atom is 0.317 e. The molecule has 25 heavy (non-hydrogen) atoms. The van der Waals surface area contributed by atoms with Crippen molar-refractivity contribution < 1.29 is 9.53 Å². The fourth-order valence-corrected chi connectivity index (χ4v) is 2.64. The van der Waals surface area contributed by atoms with Crippen molar-refractivity contribution in [2.24, 2.45) is 5.73 Å². The summed E-state index contributed by atoms with van der Waals surface area (Å²) in [7, 11) is 0. The van der Waals surface area contributed by atoms with Crippen LogP contribution in [0.2, 0.25) is 0 Å². The highest BCUT2D eigenvalue weighted by Crippen LogP contribution is 2.27. The van der Waals surface area contributed by atoms with Gasteiger partial charge in [-0.1, -0.05) is 12.2 Å². The minimum atomic E-state index is -0.629. The molecule has 0 aromatic carbocycles. The molecule has 0 spiro atoms. The number of carbonyl (C=O) groups is 1. The van der Waals surface area contributed by atoms with E-state index >= 15 is 0 Å². The number of amides is 2. The average molecular weight is 348 g/mol. The van der Waals surface area contributed by atoms with Gasteiger partial charge in [-0.3, -0.25) is 10.2 Å². The number of ether oxygens (including phenoxy) is 1. The number of nitrogens with zero attached hydrogens (tertiary/aromatic N) is 3. The van der Waals surface area contributed by atoms with E-state index < -0.39 is 6.03 Å². The average Bonchev–Trinajstić information content (AvgIpc) is 2.90. The first-order valence-electron chi connectivity index (χ1n) is 8.54. The second-order valence-electron chi connectivity index (χ2n) is 5.95. The number of nitrogens with one attached hydrogen (secondary N) is 2. The number of aromatic nitrogens is 2. The molecule has 1 fully saturated rings. The third kappa shape index (κ3) is 5.33. The second-order valence-corrected chi connectivity index (χ2v) is 5.95. The van der Waals surface area contributed by atoms with Crippen molar-refractivity contribution in [1.29, 1.82) is 0 Å². The highest BCUT2D eigenvalue weighted by atomic mass is 16.5. The number of rotatable bonds is 7. The van der Waals surface area contributed by atoms with E-state index in [4.69, 9.17) is 10.5 Å². The number of primary amides is 1. The molecule has 1 aliphatic rings. The number of piperazine rings is 1. The summed E-state index contributed by atoms with van der Waals surface area (Å²) in [5, 5.41) is 10.5. The molecule has 1 aromatic rings. The monoisotopic (exact) mass is 348 g/mol. The molecule has 8 nitrogen and oxygen atoms in total. The summed E-state index contributed by atoms with van der Waals surface area (Å²) in [6.07, 6.45) is 5.74. The molecule has 0 atom stereocenters. The molecule has 0 saturated carbocycles. The maximum atomic E-state index is 11.3. The first-order valence-corrected chi connectivity index (χ1v) is 8.54. The molecule has 0 unspecified atom stereocenters. The minimum absolute atomic E-state index is 0.507. The van der Waals surface area contributed by atoms with Gasteiger partial charge >= 0.3 is 6.03 Å². The summed E-state index contributed by atoms with van der Waals surface area (Å²) in [4.78, 5) is 13.7. The number of carbonyl (C=O) groups excluding carboxylic acids is 1. The molecule has 2 heterocycles. The number of allylic oxidation sites excluding steroid dienone is 4. The molecule has 0 bridgehead atoms. The van der Waals surface area contributed by atoms with Crippen LogP contribution in [0.25, 0.3) is 5.70 Å². The Morgan fingerprint density at radius 1 is 1.44 bits per heavy atom. The molecule has 1 aromatic heterocycles. The van der Waals surface area contributed by atoms with Crippen molar-refractivity contribution >= 4 is 17.5 Å². The molecule has 8 heteroatoms. The smallest absolute Gasteiger partial charge is 0.317 e. The molecular formula is C17H28N6O2. The van der Waals surface area contributed by atoms with Crippen LogP contribution in [-0.4, -0.2) is 60.0 Å². The van der Waals surface area contributed by atoms with Crippen LogP contribution in [0.3, 0.4) is 0 Å². The molecule has 1 aliphatic heterocycles. The molecule has 2 amide bonds. The minimum Gasteiger partial charge on any atom is -0.475 e. The largest absolute Gasteiger partial charge is 0.475 e. The van der Waals surface area contributed by atoms with Crippen LogP contribution in [0.15, 0.2) is 18.2 Å². The zero-order valence-corrected chi connectivity index (χ0v) is 15.2. The summed E-state index contributed by atoms with van der Waals surface area (Å²) in [5.74, 6) is 1.04. The van der Waals surface area contributed by atoms with E-state index in [0.29, 0.717) is 18.3 Å². The zero-order valence-electron chi connectivity index (χ0n) is 15.2. The van der Waals surface area contributed by atoms with Gasteiger partial charge in [-0.05, 0) is 26.8 Å². The third-order valence-electron chi connectivity index (χ3n) is 4.04. The van der Waals surface area contributed by atoms with Gasteiger partial charge in [-0.15, -0.1) is 5.10 Å².